The lowest BCUT2D eigenvalue weighted by Gasteiger charge is -2.30. The number of rotatable bonds is 10. The Morgan fingerprint density at radius 2 is 1.78 bits per heavy atom. The first-order valence-corrected chi connectivity index (χ1v) is 12.6. The van der Waals surface area contributed by atoms with Gasteiger partial charge in [0.25, 0.3) is 5.91 Å². The predicted molar refractivity (Wildman–Crippen MR) is 122 cm³/mol. The van der Waals surface area contributed by atoms with Gasteiger partial charge in [-0.15, -0.1) is 0 Å². The van der Waals surface area contributed by atoms with E-state index in [9.17, 15) is 18.0 Å². The number of amides is 2. The summed E-state index contributed by atoms with van der Waals surface area (Å²) in [7, 11) is -3.55. The fraction of sp³-hybridized carbons (Fsp3) is 0.478. The molecular formula is C23H31N3O5S. The van der Waals surface area contributed by atoms with Crippen LogP contribution in [-0.2, 0) is 14.8 Å². The van der Waals surface area contributed by atoms with Crippen LogP contribution in [0.1, 0.15) is 56.0 Å². The monoisotopic (exact) mass is 461 g/mol. The largest absolute Gasteiger partial charge is 0.459 e. The predicted octanol–water partition coefficient (Wildman–Crippen LogP) is 3.63. The highest BCUT2D eigenvalue weighted by molar-refractivity contribution is 7.89. The number of anilines is 1. The second-order valence-corrected chi connectivity index (χ2v) is 9.78. The van der Waals surface area contributed by atoms with Crippen LogP contribution in [0.2, 0.25) is 0 Å². The molecule has 1 aromatic carbocycles. The van der Waals surface area contributed by atoms with Gasteiger partial charge in [0.05, 0.1) is 11.2 Å². The Hall–Kier alpha value is -2.65. The zero-order chi connectivity index (χ0) is 23.0. The number of hydrogen-bond donors (Lipinski definition) is 2. The van der Waals surface area contributed by atoms with Gasteiger partial charge in [0, 0.05) is 31.2 Å². The Kier molecular flexibility index (Phi) is 8.46. The number of unbranched alkanes of at least 4 members (excludes halogenated alkanes) is 3. The number of nitrogens with zero attached hydrogens (tertiary/aromatic N) is 1. The fourth-order valence-electron chi connectivity index (χ4n) is 3.70. The number of hydrogen-bond acceptors (Lipinski definition) is 5. The lowest BCUT2D eigenvalue weighted by Crippen LogP contribution is -2.41. The molecule has 2 heterocycles. The van der Waals surface area contributed by atoms with Gasteiger partial charge in [-0.3, -0.25) is 9.59 Å². The van der Waals surface area contributed by atoms with Gasteiger partial charge >= 0.3 is 0 Å². The molecule has 2 aromatic rings. The van der Waals surface area contributed by atoms with Crippen LogP contribution in [0.5, 0.6) is 0 Å². The van der Waals surface area contributed by atoms with E-state index in [0.29, 0.717) is 43.9 Å². The second kappa shape index (κ2) is 11.3. The molecule has 0 atom stereocenters. The van der Waals surface area contributed by atoms with E-state index in [1.807, 2.05) is 0 Å². The van der Waals surface area contributed by atoms with E-state index in [1.165, 1.54) is 18.4 Å². The molecule has 1 fully saturated rings. The third-order valence-electron chi connectivity index (χ3n) is 5.64. The zero-order valence-electron chi connectivity index (χ0n) is 18.4. The number of furan rings is 1. The summed E-state index contributed by atoms with van der Waals surface area (Å²) in [5.41, 5.74) is 0.547. The van der Waals surface area contributed by atoms with Crippen LogP contribution >= 0.6 is 0 Å². The number of likely N-dealkylation sites (tertiary alicyclic amines) is 1. The lowest BCUT2D eigenvalue weighted by molar-refractivity contribution is -0.121. The normalized spacial score (nSPS) is 15.0. The number of nitrogens with one attached hydrogen (secondary N) is 2. The summed E-state index contributed by atoms with van der Waals surface area (Å²) in [5, 5.41) is 2.85. The van der Waals surface area contributed by atoms with E-state index in [-0.39, 0.29) is 22.6 Å². The summed E-state index contributed by atoms with van der Waals surface area (Å²) in [6.45, 7) is 3.50. The molecule has 1 saturated heterocycles. The molecule has 174 valence electrons. The third-order valence-corrected chi connectivity index (χ3v) is 7.12. The van der Waals surface area contributed by atoms with E-state index in [0.717, 1.165) is 25.7 Å². The van der Waals surface area contributed by atoms with Crippen molar-refractivity contribution in [1.29, 1.82) is 0 Å². The maximum Gasteiger partial charge on any atom is 0.289 e. The Labute approximate surface area is 189 Å². The summed E-state index contributed by atoms with van der Waals surface area (Å²) < 4.78 is 32.5. The molecule has 0 radical (unpaired) electrons. The quantitative estimate of drug-likeness (QED) is 0.525. The van der Waals surface area contributed by atoms with E-state index in [4.69, 9.17) is 4.42 Å². The van der Waals surface area contributed by atoms with Crippen LogP contribution in [0, 0.1) is 5.92 Å². The van der Waals surface area contributed by atoms with Crippen LogP contribution in [-0.4, -0.2) is 44.8 Å². The molecule has 1 aromatic heterocycles. The standard InChI is InChI=1S/C23H31N3O5S/c1-2-3-4-5-14-24-32(29,30)20-10-8-19(9-11-20)25-22(27)18-12-15-26(16-13-18)23(28)21-7-6-17-31-21/h6-11,17-18,24H,2-5,12-16H2,1H3,(H,25,27). The molecule has 2 N–H and O–H groups in total. The number of carbonyl (C=O) groups excluding carboxylic acids is 2. The fourth-order valence-corrected chi connectivity index (χ4v) is 4.78. The van der Waals surface area contributed by atoms with Gasteiger partial charge in [0.15, 0.2) is 5.76 Å². The highest BCUT2D eigenvalue weighted by Gasteiger charge is 2.28. The van der Waals surface area contributed by atoms with Crippen molar-refractivity contribution in [2.75, 3.05) is 25.0 Å². The molecule has 0 bridgehead atoms. The van der Waals surface area contributed by atoms with Crippen LogP contribution in [0.25, 0.3) is 0 Å². The van der Waals surface area contributed by atoms with E-state index in [2.05, 4.69) is 17.0 Å². The number of carbonyl (C=O) groups is 2. The van der Waals surface area contributed by atoms with Gasteiger partial charge in [-0.1, -0.05) is 26.2 Å². The maximum absolute atomic E-state index is 12.6. The number of piperidine rings is 1. The zero-order valence-corrected chi connectivity index (χ0v) is 19.2. The molecule has 0 spiro atoms. The summed E-state index contributed by atoms with van der Waals surface area (Å²) in [6, 6.07) is 9.49. The average molecular weight is 462 g/mol. The van der Waals surface area contributed by atoms with E-state index < -0.39 is 10.0 Å². The van der Waals surface area contributed by atoms with E-state index in [1.54, 1.807) is 29.2 Å². The lowest BCUT2D eigenvalue weighted by atomic mass is 9.95. The molecule has 0 aliphatic carbocycles. The molecule has 3 rings (SSSR count). The highest BCUT2D eigenvalue weighted by atomic mass is 32.2. The maximum atomic E-state index is 12.6. The van der Waals surface area contributed by atoms with Crippen molar-refractivity contribution in [2.45, 2.75) is 50.3 Å². The van der Waals surface area contributed by atoms with E-state index >= 15 is 0 Å². The van der Waals surface area contributed by atoms with Crippen molar-refractivity contribution < 1.29 is 22.4 Å². The van der Waals surface area contributed by atoms with Crippen molar-refractivity contribution >= 4 is 27.5 Å². The van der Waals surface area contributed by atoms with Gasteiger partial charge in [-0.05, 0) is 55.7 Å². The first-order valence-electron chi connectivity index (χ1n) is 11.1. The van der Waals surface area contributed by atoms with Crippen LogP contribution < -0.4 is 10.0 Å². The van der Waals surface area contributed by atoms with Gasteiger partial charge < -0.3 is 14.6 Å². The smallest absolute Gasteiger partial charge is 0.289 e. The van der Waals surface area contributed by atoms with Gasteiger partial charge in [-0.2, -0.15) is 0 Å². The van der Waals surface area contributed by atoms with Gasteiger partial charge in [-0.25, -0.2) is 13.1 Å². The summed E-state index contributed by atoms with van der Waals surface area (Å²) in [6.07, 6.45) is 6.59. The van der Waals surface area contributed by atoms with Crippen molar-refractivity contribution in [3.8, 4) is 0 Å². The molecule has 1 aliphatic rings. The molecule has 32 heavy (non-hydrogen) atoms. The van der Waals surface area contributed by atoms with Crippen LogP contribution in [0.3, 0.4) is 0 Å². The molecule has 0 unspecified atom stereocenters. The third kappa shape index (κ3) is 6.43. The first-order chi connectivity index (χ1) is 15.4. The minimum atomic E-state index is -3.55. The summed E-state index contributed by atoms with van der Waals surface area (Å²) in [5.74, 6) is -0.188. The molecule has 8 nitrogen and oxygen atoms in total. The van der Waals surface area contributed by atoms with Crippen molar-refractivity contribution in [3.63, 3.8) is 0 Å². The summed E-state index contributed by atoms with van der Waals surface area (Å²) in [4.78, 5) is 26.8. The Balaban J connectivity index is 1.47. The molecule has 9 heteroatoms. The first kappa shape index (κ1) is 24.0. The highest BCUT2D eigenvalue weighted by Crippen LogP contribution is 2.22. The second-order valence-electron chi connectivity index (χ2n) is 8.02. The van der Waals surface area contributed by atoms with Crippen molar-refractivity contribution in [3.05, 3.63) is 48.4 Å². The van der Waals surface area contributed by atoms with Gasteiger partial charge in [0.2, 0.25) is 15.9 Å². The van der Waals surface area contributed by atoms with Crippen LogP contribution in [0.15, 0.2) is 52.0 Å². The minimum Gasteiger partial charge on any atom is -0.459 e. The molecule has 2 amide bonds. The minimum absolute atomic E-state index is 0.125. The molecule has 1 aliphatic heterocycles. The van der Waals surface area contributed by atoms with Crippen molar-refractivity contribution in [1.82, 2.24) is 9.62 Å². The van der Waals surface area contributed by atoms with Crippen LogP contribution in [0.4, 0.5) is 5.69 Å². The molecule has 0 saturated carbocycles. The Morgan fingerprint density at radius 1 is 1.06 bits per heavy atom. The van der Waals surface area contributed by atoms with Crippen molar-refractivity contribution in [2.24, 2.45) is 5.92 Å². The average Bonchev–Trinajstić information content (AvgIpc) is 3.34. The number of benzene rings is 1. The number of sulfonamides is 1. The summed E-state index contributed by atoms with van der Waals surface area (Å²) >= 11 is 0. The Morgan fingerprint density at radius 3 is 2.41 bits per heavy atom. The SMILES string of the molecule is CCCCCCNS(=O)(=O)c1ccc(NC(=O)C2CCN(C(=O)c3ccco3)CC2)cc1. The Bertz CT molecular complexity index is 979. The van der Waals surface area contributed by atoms with Gasteiger partial charge in [0.1, 0.15) is 0 Å². The topological polar surface area (TPSA) is 109 Å². The molecular weight excluding hydrogens is 430 g/mol.